The summed E-state index contributed by atoms with van der Waals surface area (Å²) in [7, 11) is 4.63. The Kier molecular flexibility index (Phi) is 5.79. The van der Waals surface area contributed by atoms with Crippen LogP contribution in [0.4, 0.5) is 5.13 Å². The first-order chi connectivity index (χ1) is 13.5. The predicted octanol–water partition coefficient (Wildman–Crippen LogP) is 4.02. The van der Waals surface area contributed by atoms with Crippen molar-refractivity contribution >= 4 is 38.8 Å². The molecule has 1 aromatic heterocycles. The van der Waals surface area contributed by atoms with Gasteiger partial charge in [-0.2, -0.15) is 10.1 Å². The van der Waals surface area contributed by atoms with E-state index in [9.17, 15) is 4.79 Å². The van der Waals surface area contributed by atoms with Crippen LogP contribution >= 0.6 is 11.3 Å². The summed E-state index contributed by atoms with van der Waals surface area (Å²) in [6.45, 7) is 3.47. The number of amides is 1. The molecule has 2 aromatic carbocycles. The fourth-order valence-corrected chi connectivity index (χ4v) is 3.74. The van der Waals surface area contributed by atoms with E-state index in [1.807, 2.05) is 25.1 Å². The number of nitrogens with zero attached hydrogens (tertiary/aromatic N) is 3. The van der Waals surface area contributed by atoms with Gasteiger partial charge in [-0.3, -0.25) is 4.79 Å². The monoisotopic (exact) mass is 399 g/mol. The molecule has 0 saturated heterocycles. The molecule has 0 N–H and O–H groups in total. The Labute approximate surface area is 167 Å². The van der Waals surface area contributed by atoms with Gasteiger partial charge in [0.15, 0.2) is 11.5 Å². The molecule has 28 heavy (non-hydrogen) atoms. The number of hydrogen-bond donors (Lipinski definition) is 0. The van der Waals surface area contributed by atoms with E-state index in [0.717, 1.165) is 15.8 Å². The highest BCUT2D eigenvalue weighted by Crippen LogP contribution is 2.38. The molecule has 1 heterocycles. The highest BCUT2D eigenvalue weighted by atomic mass is 32.1. The maximum atomic E-state index is 12.2. The first-order valence-corrected chi connectivity index (χ1v) is 9.30. The number of ether oxygens (including phenoxy) is 3. The largest absolute Gasteiger partial charge is 0.493 e. The maximum absolute atomic E-state index is 12.2. The topological polar surface area (TPSA) is 73.2 Å². The first kappa shape index (κ1) is 19.6. The highest BCUT2D eigenvalue weighted by molar-refractivity contribution is 7.22. The number of methoxy groups -OCH3 is 3. The molecule has 0 fully saturated rings. The average molecular weight is 399 g/mol. The van der Waals surface area contributed by atoms with Crippen molar-refractivity contribution in [3.8, 4) is 17.2 Å². The second kappa shape index (κ2) is 8.26. The normalized spacial score (nSPS) is 11.0. The number of carbonyl (C=O) groups excluding carboxylic acids is 1. The molecule has 0 saturated carbocycles. The molecular weight excluding hydrogens is 378 g/mol. The highest BCUT2D eigenvalue weighted by Gasteiger charge is 2.16. The Morgan fingerprint density at radius 3 is 2.36 bits per heavy atom. The van der Waals surface area contributed by atoms with Crippen LogP contribution < -0.4 is 19.2 Å². The number of aryl methyl sites for hydroxylation is 1. The Bertz CT molecular complexity index is 1020. The lowest BCUT2D eigenvalue weighted by molar-refractivity contribution is -0.116. The molecule has 0 radical (unpaired) electrons. The van der Waals surface area contributed by atoms with Crippen LogP contribution in [0.2, 0.25) is 0 Å². The SMILES string of the molecule is COc1cc(/C=N\N(C(C)=O)c2nc3ccc(C)cc3s2)cc(OC)c1OC. The smallest absolute Gasteiger partial charge is 0.246 e. The van der Waals surface area contributed by atoms with Crippen LogP contribution in [-0.4, -0.2) is 38.4 Å². The number of rotatable bonds is 6. The molecule has 1 amide bonds. The van der Waals surface area contributed by atoms with E-state index in [1.165, 1.54) is 23.3 Å². The number of benzene rings is 2. The Balaban J connectivity index is 1.98. The van der Waals surface area contributed by atoms with Crippen molar-refractivity contribution in [3.63, 3.8) is 0 Å². The van der Waals surface area contributed by atoms with Crippen LogP contribution in [0.3, 0.4) is 0 Å². The average Bonchev–Trinajstić information content (AvgIpc) is 3.09. The zero-order chi connectivity index (χ0) is 20.3. The van der Waals surface area contributed by atoms with Crippen molar-refractivity contribution in [2.75, 3.05) is 26.3 Å². The lowest BCUT2D eigenvalue weighted by Gasteiger charge is -2.13. The van der Waals surface area contributed by atoms with Gasteiger partial charge in [0.2, 0.25) is 16.8 Å². The van der Waals surface area contributed by atoms with Gasteiger partial charge in [-0.25, -0.2) is 4.98 Å². The van der Waals surface area contributed by atoms with Crippen molar-refractivity contribution in [2.24, 2.45) is 5.10 Å². The van der Waals surface area contributed by atoms with Gasteiger partial charge in [0.1, 0.15) is 0 Å². The van der Waals surface area contributed by atoms with Crippen molar-refractivity contribution in [3.05, 3.63) is 41.5 Å². The third kappa shape index (κ3) is 3.91. The third-order valence-corrected chi connectivity index (χ3v) is 5.02. The third-order valence-electron chi connectivity index (χ3n) is 4.02. The molecule has 146 valence electrons. The minimum absolute atomic E-state index is 0.237. The van der Waals surface area contributed by atoms with Gasteiger partial charge in [0.05, 0.1) is 37.8 Å². The van der Waals surface area contributed by atoms with Gasteiger partial charge in [0.25, 0.3) is 0 Å². The standard InChI is InChI=1S/C20H21N3O4S/c1-12-6-7-15-18(8-12)28-20(22-15)23(13(2)24)21-11-14-9-16(25-3)19(27-5)17(10-14)26-4/h6-11H,1-5H3/b21-11-. The van der Waals surface area contributed by atoms with Gasteiger partial charge >= 0.3 is 0 Å². The predicted molar refractivity (Wildman–Crippen MR) is 111 cm³/mol. The summed E-state index contributed by atoms with van der Waals surface area (Å²) < 4.78 is 17.0. The summed E-state index contributed by atoms with van der Waals surface area (Å²) in [6, 6.07) is 9.47. The fraction of sp³-hybridized carbons (Fsp3) is 0.250. The molecular formula is C20H21N3O4S. The van der Waals surface area contributed by atoms with Gasteiger partial charge in [-0.05, 0) is 36.8 Å². The quantitative estimate of drug-likeness (QED) is 0.462. The molecule has 0 bridgehead atoms. The molecule has 0 aliphatic heterocycles. The summed E-state index contributed by atoms with van der Waals surface area (Å²) >= 11 is 1.42. The Morgan fingerprint density at radius 1 is 1.11 bits per heavy atom. The zero-order valence-electron chi connectivity index (χ0n) is 16.3. The number of fused-ring (bicyclic) bond motifs is 1. The second-order valence-corrected chi connectivity index (χ2v) is 7.01. The number of aromatic nitrogens is 1. The van der Waals surface area contributed by atoms with E-state index in [4.69, 9.17) is 14.2 Å². The molecule has 0 unspecified atom stereocenters. The van der Waals surface area contributed by atoms with Crippen LogP contribution in [0.15, 0.2) is 35.4 Å². The van der Waals surface area contributed by atoms with Crippen LogP contribution in [0.5, 0.6) is 17.2 Å². The van der Waals surface area contributed by atoms with Gasteiger partial charge in [0, 0.05) is 12.5 Å². The number of carbonyl (C=O) groups is 1. The molecule has 3 aromatic rings. The number of hydrogen-bond acceptors (Lipinski definition) is 7. The van der Waals surface area contributed by atoms with Gasteiger partial charge in [-0.15, -0.1) is 0 Å². The van der Waals surface area contributed by atoms with E-state index in [2.05, 4.69) is 10.1 Å². The molecule has 3 rings (SSSR count). The van der Waals surface area contributed by atoms with E-state index in [0.29, 0.717) is 27.9 Å². The van der Waals surface area contributed by atoms with Crippen molar-refractivity contribution in [2.45, 2.75) is 13.8 Å². The molecule has 7 nitrogen and oxygen atoms in total. The van der Waals surface area contributed by atoms with Crippen LogP contribution in [0, 0.1) is 6.92 Å². The summed E-state index contributed by atoms with van der Waals surface area (Å²) in [6.07, 6.45) is 1.56. The second-order valence-electron chi connectivity index (χ2n) is 6.00. The molecule has 0 aliphatic rings. The van der Waals surface area contributed by atoms with E-state index in [-0.39, 0.29) is 5.91 Å². The maximum Gasteiger partial charge on any atom is 0.246 e. The summed E-state index contributed by atoms with van der Waals surface area (Å²) in [5.74, 6) is 1.27. The molecule has 0 atom stereocenters. The Hall–Kier alpha value is -3.13. The zero-order valence-corrected chi connectivity index (χ0v) is 17.2. The Morgan fingerprint density at radius 2 is 1.79 bits per heavy atom. The van der Waals surface area contributed by atoms with E-state index in [1.54, 1.807) is 39.7 Å². The number of anilines is 1. The van der Waals surface area contributed by atoms with Crippen LogP contribution in [0.1, 0.15) is 18.1 Å². The lowest BCUT2D eigenvalue weighted by Crippen LogP contribution is -2.22. The van der Waals surface area contributed by atoms with Gasteiger partial charge < -0.3 is 14.2 Å². The number of hydrazone groups is 1. The first-order valence-electron chi connectivity index (χ1n) is 8.48. The minimum Gasteiger partial charge on any atom is -0.493 e. The van der Waals surface area contributed by atoms with Crippen molar-refractivity contribution in [1.29, 1.82) is 0 Å². The van der Waals surface area contributed by atoms with Crippen molar-refractivity contribution in [1.82, 2.24) is 4.98 Å². The summed E-state index contributed by atoms with van der Waals surface area (Å²) in [4.78, 5) is 16.7. The van der Waals surface area contributed by atoms with Crippen LogP contribution in [-0.2, 0) is 4.79 Å². The minimum atomic E-state index is -0.237. The van der Waals surface area contributed by atoms with E-state index < -0.39 is 0 Å². The van der Waals surface area contributed by atoms with E-state index >= 15 is 0 Å². The summed E-state index contributed by atoms with van der Waals surface area (Å²) in [5, 5.41) is 6.13. The summed E-state index contributed by atoms with van der Waals surface area (Å²) in [5.41, 5.74) is 2.66. The van der Waals surface area contributed by atoms with Gasteiger partial charge in [-0.1, -0.05) is 17.4 Å². The van der Waals surface area contributed by atoms with Crippen LogP contribution in [0.25, 0.3) is 10.2 Å². The molecule has 0 spiro atoms. The lowest BCUT2D eigenvalue weighted by atomic mass is 10.2. The molecule has 0 aliphatic carbocycles. The number of thiazole rings is 1. The van der Waals surface area contributed by atoms with Crippen molar-refractivity contribution < 1.29 is 19.0 Å². The molecule has 8 heteroatoms. The fourth-order valence-electron chi connectivity index (χ4n) is 2.68.